The number of halogens is 1. The lowest BCUT2D eigenvalue weighted by molar-refractivity contribution is 0.231. The minimum atomic E-state index is -0.360. The van der Waals surface area contributed by atoms with Gasteiger partial charge in [0.1, 0.15) is 0 Å². The van der Waals surface area contributed by atoms with E-state index in [4.69, 9.17) is 4.74 Å². The summed E-state index contributed by atoms with van der Waals surface area (Å²) in [7, 11) is 0. The Morgan fingerprint density at radius 2 is 2.27 bits per heavy atom. The van der Waals surface area contributed by atoms with Crippen molar-refractivity contribution in [2.45, 2.75) is 20.0 Å². The van der Waals surface area contributed by atoms with Crippen LogP contribution >= 0.6 is 0 Å². The van der Waals surface area contributed by atoms with Crippen molar-refractivity contribution in [1.82, 2.24) is 0 Å². The summed E-state index contributed by atoms with van der Waals surface area (Å²) in [6.07, 6.45) is 0.00639. The van der Waals surface area contributed by atoms with Crippen molar-refractivity contribution in [3.8, 4) is 5.75 Å². The highest BCUT2D eigenvalue weighted by atomic mass is 19.1. The molecule has 0 saturated carbocycles. The molecule has 1 rings (SSSR count). The molecule has 0 aliphatic heterocycles. The third-order valence-corrected chi connectivity index (χ3v) is 1.14. The Bertz CT molecular complexity index is 233. The smallest absolute Gasteiger partial charge is 0.165 e. The van der Waals surface area contributed by atoms with Crippen molar-refractivity contribution in [2.75, 3.05) is 0 Å². The lowest BCUT2D eigenvalue weighted by Gasteiger charge is -2.09. The Hall–Kier alpha value is -1.05. The van der Waals surface area contributed by atoms with Gasteiger partial charge in [0.2, 0.25) is 0 Å². The highest BCUT2D eigenvalue weighted by Crippen LogP contribution is 2.16. The molecule has 0 heterocycles. The third-order valence-electron chi connectivity index (χ3n) is 1.14. The van der Waals surface area contributed by atoms with Gasteiger partial charge in [-0.15, -0.1) is 0 Å². The van der Waals surface area contributed by atoms with Crippen LogP contribution in [0.3, 0.4) is 0 Å². The second-order valence-corrected chi connectivity index (χ2v) is 2.52. The summed E-state index contributed by atoms with van der Waals surface area (Å²) in [5, 5.41) is 0. The molecule has 2 heteroatoms. The number of benzene rings is 1. The van der Waals surface area contributed by atoms with Crippen molar-refractivity contribution < 1.29 is 9.13 Å². The predicted octanol–water partition coefficient (Wildman–Crippen LogP) is 2.41. The summed E-state index contributed by atoms with van der Waals surface area (Å²) in [6.45, 7) is 3.71. The van der Waals surface area contributed by atoms with E-state index in [1.807, 2.05) is 13.8 Å². The Kier molecular flexibility index (Phi) is 2.47. The molecule has 1 nitrogen and oxygen atoms in total. The monoisotopic (exact) mass is 153 g/mol. The summed E-state index contributed by atoms with van der Waals surface area (Å²) in [5.74, 6) is -0.0695. The Morgan fingerprint density at radius 1 is 1.55 bits per heavy atom. The first kappa shape index (κ1) is 8.05. The van der Waals surface area contributed by atoms with Gasteiger partial charge in [-0.3, -0.25) is 0 Å². The summed E-state index contributed by atoms with van der Waals surface area (Å²) in [4.78, 5) is 0. The van der Waals surface area contributed by atoms with Gasteiger partial charge < -0.3 is 4.74 Å². The largest absolute Gasteiger partial charge is 0.488 e. The molecule has 1 aromatic rings. The van der Waals surface area contributed by atoms with Crippen LogP contribution in [0.1, 0.15) is 13.8 Å². The fourth-order valence-electron chi connectivity index (χ4n) is 0.745. The number of hydrogen-bond donors (Lipinski definition) is 0. The molecule has 1 aromatic carbocycles. The second-order valence-electron chi connectivity index (χ2n) is 2.52. The molecule has 1 radical (unpaired) electrons. The van der Waals surface area contributed by atoms with Crippen molar-refractivity contribution in [1.29, 1.82) is 0 Å². The van der Waals surface area contributed by atoms with E-state index in [1.54, 1.807) is 12.1 Å². The zero-order valence-corrected chi connectivity index (χ0v) is 6.60. The lowest BCUT2D eigenvalue weighted by Crippen LogP contribution is -2.06. The van der Waals surface area contributed by atoms with Crippen LogP contribution in [-0.4, -0.2) is 6.10 Å². The van der Waals surface area contributed by atoms with E-state index in [2.05, 4.69) is 6.07 Å². The van der Waals surface area contributed by atoms with Gasteiger partial charge in [0.05, 0.1) is 6.10 Å². The highest BCUT2D eigenvalue weighted by Gasteiger charge is 2.02. The van der Waals surface area contributed by atoms with E-state index in [0.717, 1.165) is 0 Å². The predicted molar refractivity (Wildman–Crippen MR) is 41.0 cm³/mol. The van der Waals surface area contributed by atoms with Crippen molar-refractivity contribution in [3.63, 3.8) is 0 Å². The van der Waals surface area contributed by atoms with Gasteiger partial charge in [-0.1, -0.05) is 6.07 Å². The maximum absolute atomic E-state index is 12.8. The van der Waals surface area contributed by atoms with Crippen LogP contribution < -0.4 is 4.74 Å². The topological polar surface area (TPSA) is 9.23 Å². The average molecular weight is 153 g/mol. The number of ether oxygens (including phenoxy) is 1. The normalized spacial score (nSPS) is 10.2. The first-order chi connectivity index (χ1) is 5.20. The molecule has 0 saturated heterocycles. The van der Waals surface area contributed by atoms with E-state index in [-0.39, 0.29) is 11.9 Å². The molecule has 0 fully saturated rings. The SMILES string of the molecule is CC(C)Oc1cc[c]cc1F. The van der Waals surface area contributed by atoms with Crippen LogP contribution in [0, 0.1) is 11.9 Å². The van der Waals surface area contributed by atoms with Crippen molar-refractivity contribution in [3.05, 3.63) is 30.1 Å². The Morgan fingerprint density at radius 3 is 2.82 bits per heavy atom. The van der Waals surface area contributed by atoms with Gasteiger partial charge in [-0.2, -0.15) is 0 Å². The standard InChI is InChI=1S/C9H10FO/c1-7(2)11-9-6-4-3-5-8(9)10/h4-7H,1-2H3. The molecular formula is C9H10FO. The highest BCUT2D eigenvalue weighted by molar-refractivity contribution is 5.23. The molecule has 0 atom stereocenters. The van der Waals surface area contributed by atoms with E-state index >= 15 is 0 Å². The van der Waals surface area contributed by atoms with Gasteiger partial charge in [0, 0.05) is 0 Å². The van der Waals surface area contributed by atoms with Crippen molar-refractivity contribution >= 4 is 0 Å². The zero-order chi connectivity index (χ0) is 8.27. The second kappa shape index (κ2) is 3.37. The van der Waals surface area contributed by atoms with Crippen LogP contribution in [0.5, 0.6) is 5.75 Å². The molecule has 0 aromatic heterocycles. The van der Waals surface area contributed by atoms with Crippen LogP contribution in [0.15, 0.2) is 18.2 Å². The molecule has 0 bridgehead atoms. The molecule has 0 amide bonds. The summed E-state index contributed by atoms with van der Waals surface area (Å²) in [6, 6.07) is 7.07. The van der Waals surface area contributed by atoms with Crippen LogP contribution in [0.4, 0.5) is 4.39 Å². The fraction of sp³-hybridized carbons (Fsp3) is 0.333. The van der Waals surface area contributed by atoms with Gasteiger partial charge >= 0.3 is 0 Å². The van der Waals surface area contributed by atoms with Crippen LogP contribution in [0.25, 0.3) is 0 Å². The molecule has 0 unspecified atom stereocenters. The minimum absolute atomic E-state index is 0.00639. The Balaban J connectivity index is 2.78. The molecule has 0 aliphatic rings. The summed E-state index contributed by atoms with van der Waals surface area (Å²) < 4.78 is 17.9. The Labute approximate surface area is 65.8 Å². The molecular weight excluding hydrogens is 143 g/mol. The van der Waals surface area contributed by atoms with E-state index in [1.165, 1.54) is 6.07 Å². The molecule has 11 heavy (non-hydrogen) atoms. The van der Waals surface area contributed by atoms with Crippen LogP contribution in [0.2, 0.25) is 0 Å². The summed E-state index contributed by atoms with van der Waals surface area (Å²) >= 11 is 0. The van der Waals surface area contributed by atoms with Gasteiger partial charge in [-0.25, -0.2) is 4.39 Å². The van der Waals surface area contributed by atoms with Gasteiger partial charge in [-0.05, 0) is 32.0 Å². The average Bonchev–Trinajstić information content (AvgIpc) is 1.93. The van der Waals surface area contributed by atoms with E-state index < -0.39 is 0 Å². The van der Waals surface area contributed by atoms with Crippen LogP contribution in [-0.2, 0) is 0 Å². The minimum Gasteiger partial charge on any atom is -0.488 e. The van der Waals surface area contributed by atoms with E-state index in [0.29, 0.717) is 5.75 Å². The number of rotatable bonds is 2. The van der Waals surface area contributed by atoms with Gasteiger partial charge in [0.25, 0.3) is 0 Å². The summed E-state index contributed by atoms with van der Waals surface area (Å²) in [5.41, 5.74) is 0. The number of hydrogen-bond acceptors (Lipinski definition) is 1. The fourth-order valence-corrected chi connectivity index (χ4v) is 0.745. The quantitative estimate of drug-likeness (QED) is 0.634. The first-order valence-electron chi connectivity index (χ1n) is 3.52. The molecule has 0 N–H and O–H groups in total. The third kappa shape index (κ3) is 2.22. The molecule has 0 aliphatic carbocycles. The lowest BCUT2D eigenvalue weighted by atomic mass is 10.3. The molecule has 0 spiro atoms. The van der Waals surface area contributed by atoms with Gasteiger partial charge in [0.15, 0.2) is 11.6 Å². The molecule has 59 valence electrons. The zero-order valence-electron chi connectivity index (χ0n) is 6.60. The van der Waals surface area contributed by atoms with Crippen molar-refractivity contribution in [2.24, 2.45) is 0 Å². The van der Waals surface area contributed by atoms with E-state index in [9.17, 15) is 4.39 Å². The maximum atomic E-state index is 12.8. The first-order valence-corrected chi connectivity index (χ1v) is 3.52. The maximum Gasteiger partial charge on any atom is 0.165 e.